The van der Waals surface area contributed by atoms with Crippen LogP contribution >= 0.6 is 0 Å². The molecule has 7 nitrogen and oxygen atoms in total. The van der Waals surface area contributed by atoms with E-state index in [-0.39, 0.29) is 24.0 Å². The summed E-state index contributed by atoms with van der Waals surface area (Å²) in [5.74, 6) is 1.46. The maximum Gasteiger partial charge on any atom is 0.209 e. The van der Waals surface area contributed by atoms with E-state index in [4.69, 9.17) is 5.41 Å². The van der Waals surface area contributed by atoms with Crippen molar-refractivity contribution in [3.63, 3.8) is 0 Å². The lowest BCUT2D eigenvalue weighted by Crippen LogP contribution is -2.36. The minimum atomic E-state index is -0.352. The van der Waals surface area contributed by atoms with Gasteiger partial charge in [-0.2, -0.15) is 0 Å². The molecule has 0 bridgehead atoms. The quantitative estimate of drug-likeness (QED) is 0.435. The predicted molar refractivity (Wildman–Crippen MR) is 112 cm³/mol. The van der Waals surface area contributed by atoms with E-state index in [1.807, 2.05) is 4.57 Å². The lowest BCUT2D eigenvalue weighted by atomic mass is 9.93. The first-order valence-corrected chi connectivity index (χ1v) is 10.1. The number of aromatic nitrogens is 2. The molecule has 2 aliphatic carbocycles. The van der Waals surface area contributed by atoms with Gasteiger partial charge in [0.25, 0.3) is 0 Å². The van der Waals surface area contributed by atoms with Crippen LogP contribution in [-0.4, -0.2) is 33.0 Å². The minimum absolute atomic E-state index is 0.206. The van der Waals surface area contributed by atoms with Crippen LogP contribution in [0, 0.1) is 11.2 Å². The molecule has 0 amide bonds. The van der Waals surface area contributed by atoms with Crippen LogP contribution in [0.5, 0.6) is 0 Å². The third-order valence-electron chi connectivity index (χ3n) is 5.45. The first kappa shape index (κ1) is 19.4. The Morgan fingerprint density at radius 3 is 2.59 bits per heavy atom. The van der Waals surface area contributed by atoms with Gasteiger partial charge in [0.2, 0.25) is 5.95 Å². The number of para-hydroxylation sites is 1. The van der Waals surface area contributed by atoms with Crippen LogP contribution in [0.15, 0.2) is 36.7 Å². The van der Waals surface area contributed by atoms with Crippen molar-refractivity contribution in [2.45, 2.75) is 56.7 Å². The Balaban J connectivity index is 1.54. The number of rotatable bonds is 8. The summed E-state index contributed by atoms with van der Waals surface area (Å²) in [6.07, 6.45) is 6.35. The van der Waals surface area contributed by atoms with Gasteiger partial charge in [-0.15, -0.1) is 0 Å². The van der Waals surface area contributed by atoms with Crippen LogP contribution in [0.1, 0.15) is 50.3 Å². The molecule has 0 aliphatic heterocycles. The van der Waals surface area contributed by atoms with Crippen molar-refractivity contribution in [1.82, 2.24) is 14.9 Å². The molecule has 29 heavy (non-hydrogen) atoms. The largest absolute Gasteiger partial charge is 0.393 e. The van der Waals surface area contributed by atoms with Gasteiger partial charge in [-0.25, -0.2) is 9.37 Å². The summed E-state index contributed by atoms with van der Waals surface area (Å²) < 4.78 is 16.1. The van der Waals surface area contributed by atoms with Gasteiger partial charge >= 0.3 is 0 Å². The summed E-state index contributed by atoms with van der Waals surface area (Å²) in [4.78, 5) is 4.51. The van der Waals surface area contributed by atoms with Gasteiger partial charge in [0.15, 0.2) is 0 Å². The number of halogens is 1. The fourth-order valence-electron chi connectivity index (χ4n) is 3.78. The number of imidazole rings is 1. The molecule has 4 rings (SSSR count). The van der Waals surface area contributed by atoms with Crippen molar-refractivity contribution in [2.75, 3.05) is 10.6 Å². The lowest BCUT2D eigenvalue weighted by Gasteiger charge is -2.28. The van der Waals surface area contributed by atoms with Gasteiger partial charge < -0.3 is 26.5 Å². The zero-order valence-corrected chi connectivity index (χ0v) is 16.3. The minimum Gasteiger partial charge on any atom is -0.393 e. The van der Waals surface area contributed by atoms with Crippen molar-refractivity contribution >= 4 is 23.7 Å². The van der Waals surface area contributed by atoms with Crippen molar-refractivity contribution in [3.8, 4) is 0 Å². The molecule has 8 heteroatoms. The highest BCUT2D eigenvalue weighted by atomic mass is 19.1. The highest BCUT2D eigenvalue weighted by molar-refractivity contribution is 5.84. The van der Waals surface area contributed by atoms with Crippen molar-refractivity contribution in [1.29, 1.82) is 5.41 Å². The van der Waals surface area contributed by atoms with Crippen LogP contribution in [0.2, 0.25) is 0 Å². The topological polar surface area (TPSA) is 98.0 Å². The molecule has 2 aromatic rings. The van der Waals surface area contributed by atoms with Crippen molar-refractivity contribution < 1.29 is 9.50 Å². The Hall–Kier alpha value is -2.87. The molecule has 1 aromatic carbocycles. The first-order valence-electron chi connectivity index (χ1n) is 10.1. The molecular weight excluding hydrogens is 371 g/mol. The van der Waals surface area contributed by atoms with Gasteiger partial charge in [0.05, 0.1) is 17.6 Å². The summed E-state index contributed by atoms with van der Waals surface area (Å²) in [7, 11) is 0. The van der Waals surface area contributed by atoms with E-state index in [2.05, 4.69) is 27.5 Å². The zero-order chi connectivity index (χ0) is 20.4. The van der Waals surface area contributed by atoms with Crippen molar-refractivity contribution in [2.24, 2.45) is 0 Å². The third-order valence-corrected chi connectivity index (χ3v) is 5.45. The second-order valence-electron chi connectivity index (χ2n) is 7.77. The number of anilines is 3. The van der Waals surface area contributed by atoms with Gasteiger partial charge in [0.1, 0.15) is 17.3 Å². The van der Waals surface area contributed by atoms with Crippen LogP contribution in [-0.2, 0) is 0 Å². The van der Waals surface area contributed by atoms with Gasteiger partial charge in [0, 0.05) is 18.3 Å². The summed E-state index contributed by atoms with van der Waals surface area (Å²) in [5, 5.41) is 27.2. The highest BCUT2D eigenvalue weighted by Crippen LogP contribution is 2.42. The van der Waals surface area contributed by atoms with Gasteiger partial charge in [-0.1, -0.05) is 18.7 Å². The molecule has 154 valence electrons. The average Bonchev–Trinajstić information content (AvgIpc) is 3.48. The average molecular weight is 398 g/mol. The van der Waals surface area contributed by atoms with Crippen LogP contribution in [0.25, 0.3) is 0 Å². The molecule has 2 fully saturated rings. The van der Waals surface area contributed by atoms with E-state index in [1.165, 1.54) is 12.3 Å². The number of hydrogen-bond donors (Lipinski definition) is 5. The maximum atomic E-state index is 14.1. The molecule has 2 aliphatic rings. The van der Waals surface area contributed by atoms with Crippen LogP contribution in [0.3, 0.4) is 0 Å². The molecule has 1 aromatic heterocycles. The third kappa shape index (κ3) is 4.42. The van der Waals surface area contributed by atoms with Gasteiger partial charge in [-0.3, -0.25) is 4.57 Å². The second-order valence-corrected chi connectivity index (χ2v) is 7.77. The van der Waals surface area contributed by atoms with E-state index in [0.717, 1.165) is 38.5 Å². The number of benzene rings is 1. The number of aliphatic hydroxyl groups is 1. The SMILES string of the molecule is C=C(Nc1c(C=N)nc(Nc2ccccc2F)n1C1CC1)NC1CCC(O)CC1. The molecular formula is C21H27FN6O. The predicted octanol–water partition coefficient (Wildman–Crippen LogP) is 3.87. The highest BCUT2D eigenvalue weighted by Gasteiger charge is 2.31. The molecule has 0 spiro atoms. The van der Waals surface area contributed by atoms with E-state index < -0.39 is 0 Å². The Morgan fingerprint density at radius 2 is 1.93 bits per heavy atom. The molecule has 0 saturated heterocycles. The normalized spacial score (nSPS) is 21.4. The van der Waals surface area contributed by atoms with E-state index >= 15 is 0 Å². The van der Waals surface area contributed by atoms with E-state index in [9.17, 15) is 9.50 Å². The fourth-order valence-corrected chi connectivity index (χ4v) is 3.78. The number of nitrogens with zero attached hydrogens (tertiary/aromatic N) is 2. The Bertz CT molecular complexity index is 899. The summed E-state index contributed by atoms with van der Waals surface area (Å²) >= 11 is 0. The first-order chi connectivity index (χ1) is 14.0. The van der Waals surface area contributed by atoms with Gasteiger partial charge in [-0.05, 0) is 50.7 Å². The zero-order valence-electron chi connectivity index (χ0n) is 16.3. The number of nitrogens with one attached hydrogen (secondary N) is 4. The standard InChI is InChI=1S/C21H27FN6O/c1-13(24-14-6-10-16(29)11-7-14)25-20-19(12-23)27-21(28(20)15-8-9-15)26-18-5-3-2-4-17(18)22/h2-5,12,14-16,23-25,29H,1,6-11H2,(H,26,27). The molecule has 1 heterocycles. The Kier molecular flexibility index (Phi) is 5.53. The Morgan fingerprint density at radius 1 is 1.21 bits per heavy atom. The smallest absolute Gasteiger partial charge is 0.209 e. The number of aliphatic hydroxyl groups excluding tert-OH is 1. The molecule has 0 unspecified atom stereocenters. The maximum absolute atomic E-state index is 14.1. The molecule has 0 radical (unpaired) electrons. The summed E-state index contributed by atoms with van der Waals surface area (Å²) in [6, 6.07) is 6.98. The monoisotopic (exact) mass is 398 g/mol. The van der Waals surface area contributed by atoms with E-state index in [1.54, 1.807) is 18.2 Å². The molecule has 2 saturated carbocycles. The molecule has 5 N–H and O–H groups in total. The summed E-state index contributed by atoms with van der Waals surface area (Å²) in [6.45, 7) is 4.09. The summed E-state index contributed by atoms with van der Waals surface area (Å²) in [5.41, 5.74) is 0.818. The fraction of sp³-hybridized carbons (Fsp3) is 0.429. The van der Waals surface area contributed by atoms with E-state index in [0.29, 0.717) is 29.0 Å². The lowest BCUT2D eigenvalue weighted by molar-refractivity contribution is 0.119. The van der Waals surface area contributed by atoms with Crippen LogP contribution in [0.4, 0.5) is 21.8 Å². The van der Waals surface area contributed by atoms with Crippen LogP contribution < -0.4 is 16.0 Å². The molecule has 0 atom stereocenters. The second kappa shape index (κ2) is 8.24. The Labute approximate surface area is 169 Å². The number of hydrogen-bond acceptors (Lipinski definition) is 6. The van der Waals surface area contributed by atoms with Crippen molar-refractivity contribution in [3.05, 3.63) is 48.2 Å².